The molecule has 0 unspecified atom stereocenters. The van der Waals surface area contributed by atoms with Crippen molar-refractivity contribution < 1.29 is 4.42 Å². The lowest BCUT2D eigenvalue weighted by atomic mass is 9.84. The van der Waals surface area contributed by atoms with Crippen molar-refractivity contribution in [3.8, 4) is 0 Å². The number of hydrogen-bond donors (Lipinski definition) is 1. The highest BCUT2D eigenvalue weighted by molar-refractivity contribution is 7.99. The molecule has 1 aliphatic rings. The molecule has 15 heavy (non-hydrogen) atoms. The minimum Gasteiger partial charge on any atom is -0.425 e. The van der Waals surface area contributed by atoms with Crippen LogP contribution in [-0.4, -0.2) is 28.2 Å². The Kier molecular flexibility index (Phi) is 3.31. The van der Waals surface area contributed by atoms with Crippen LogP contribution in [0.3, 0.4) is 0 Å². The van der Waals surface area contributed by atoms with Crippen molar-refractivity contribution in [1.29, 1.82) is 0 Å². The van der Waals surface area contributed by atoms with Crippen LogP contribution in [-0.2, 0) is 11.8 Å². The highest BCUT2D eigenvalue weighted by Gasteiger charge is 2.34. The molecule has 0 amide bonds. The van der Waals surface area contributed by atoms with Gasteiger partial charge in [-0.25, -0.2) is 0 Å². The molecule has 1 aliphatic heterocycles. The topological polar surface area (TPSA) is 64.9 Å². The maximum absolute atomic E-state index is 5.66. The zero-order valence-electron chi connectivity index (χ0n) is 9.03. The van der Waals surface area contributed by atoms with Crippen LogP contribution in [0.5, 0.6) is 0 Å². The molecule has 0 spiro atoms. The third-order valence-corrected chi connectivity index (χ3v) is 3.92. The molecule has 2 rings (SSSR count). The van der Waals surface area contributed by atoms with E-state index in [9.17, 15) is 0 Å². The highest BCUT2D eigenvalue weighted by atomic mass is 32.2. The molecule has 0 bridgehead atoms. The van der Waals surface area contributed by atoms with Gasteiger partial charge in [0.15, 0.2) is 0 Å². The number of hydrogen-bond acceptors (Lipinski definition) is 5. The summed E-state index contributed by atoms with van der Waals surface area (Å²) in [6.45, 7) is 2.78. The standard InChI is InChI=1S/C10H17N3OS/c1-10(3-6-15-7-4-10)9-13-12-8(14-9)2-5-11/h2-7,11H2,1H3. The smallest absolute Gasteiger partial charge is 0.222 e. The van der Waals surface area contributed by atoms with Crippen molar-refractivity contribution in [3.63, 3.8) is 0 Å². The van der Waals surface area contributed by atoms with Crippen LogP contribution in [0.4, 0.5) is 0 Å². The predicted octanol–water partition coefficient (Wildman–Crippen LogP) is 1.36. The zero-order chi connectivity index (χ0) is 10.7. The predicted molar refractivity (Wildman–Crippen MR) is 61.0 cm³/mol. The summed E-state index contributed by atoms with van der Waals surface area (Å²) in [4.78, 5) is 0. The molecule has 2 heterocycles. The monoisotopic (exact) mass is 227 g/mol. The van der Waals surface area contributed by atoms with Crippen molar-refractivity contribution in [3.05, 3.63) is 11.8 Å². The number of nitrogens with two attached hydrogens (primary N) is 1. The number of thioether (sulfide) groups is 1. The summed E-state index contributed by atoms with van der Waals surface area (Å²) in [6, 6.07) is 0. The molecule has 0 atom stereocenters. The summed E-state index contributed by atoms with van der Waals surface area (Å²) in [5.74, 6) is 3.84. The van der Waals surface area contributed by atoms with Gasteiger partial charge in [0.05, 0.1) is 0 Å². The molecule has 4 nitrogen and oxygen atoms in total. The Morgan fingerprint density at radius 1 is 1.40 bits per heavy atom. The molecule has 0 aliphatic carbocycles. The van der Waals surface area contributed by atoms with Crippen LogP contribution < -0.4 is 5.73 Å². The fourth-order valence-electron chi connectivity index (χ4n) is 1.76. The molecule has 0 saturated carbocycles. The van der Waals surface area contributed by atoms with Gasteiger partial charge in [-0.1, -0.05) is 6.92 Å². The van der Waals surface area contributed by atoms with Crippen LogP contribution >= 0.6 is 11.8 Å². The van der Waals surface area contributed by atoms with E-state index in [1.165, 1.54) is 11.5 Å². The molecular weight excluding hydrogens is 210 g/mol. The first-order valence-corrected chi connectivity index (χ1v) is 6.51. The van der Waals surface area contributed by atoms with E-state index in [4.69, 9.17) is 10.2 Å². The van der Waals surface area contributed by atoms with Crippen molar-refractivity contribution in [2.45, 2.75) is 31.6 Å². The lowest BCUT2D eigenvalue weighted by Gasteiger charge is -2.29. The van der Waals surface area contributed by atoms with E-state index in [1.807, 2.05) is 11.8 Å². The second-order valence-electron chi connectivity index (χ2n) is 4.21. The van der Waals surface area contributed by atoms with Crippen molar-refractivity contribution >= 4 is 11.8 Å². The van der Waals surface area contributed by atoms with E-state index in [-0.39, 0.29) is 5.41 Å². The Morgan fingerprint density at radius 3 is 2.80 bits per heavy atom. The third kappa shape index (κ3) is 2.34. The van der Waals surface area contributed by atoms with Gasteiger partial charge in [0.25, 0.3) is 0 Å². The lowest BCUT2D eigenvalue weighted by molar-refractivity contribution is 0.313. The zero-order valence-corrected chi connectivity index (χ0v) is 9.85. The lowest BCUT2D eigenvalue weighted by Crippen LogP contribution is -2.27. The van der Waals surface area contributed by atoms with Crippen LogP contribution in [0.15, 0.2) is 4.42 Å². The van der Waals surface area contributed by atoms with Gasteiger partial charge in [-0.05, 0) is 24.3 Å². The van der Waals surface area contributed by atoms with E-state index in [2.05, 4.69) is 17.1 Å². The van der Waals surface area contributed by atoms with Gasteiger partial charge in [0, 0.05) is 18.4 Å². The second kappa shape index (κ2) is 4.53. The molecule has 84 valence electrons. The minimum atomic E-state index is 0.0884. The SMILES string of the molecule is CC1(c2nnc(CCN)o2)CCSCC1. The van der Waals surface area contributed by atoms with Gasteiger partial charge >= 0.3 is 0 Å². The molecule has 1 saturated heterocycles. The molecule has 1 aromatic rings. The average Bonchev–Trinajstić information content (AvgIpc) is 2.69. The van der Waals surface area contributed by atoms with E-state index in [1.54, 1.807) is 0 Å². The maximum atomic E-state index is 5.66. The van der Waals surface area contributed by atoms with Gasteiger partial charge in [-0.2, -0.15) is 11.8 Å². The fraction of sp³-hybridized carbons (Fsp3) is 0.800. The summed E-state index contributed by atoms with van der Waals surface area (Å²) < 4.78 is 5.66. The van der Waals surface area contributed by atoms with Gasteiger partial charge in [-0.15, -0.1) is 10.2 Å². The molecular formula is C10H17N3OS. The third-order valence-electron chi connectivity index (χ3n) is 2.94. The molecule has 0 radical (unpaired) electrons. The normalized spacial score (nSPS) is 20.4. The van der Waals surface area contributed by atoms with Crippen LogP contribution in [0.25, 0.3) is 0 Å². The van der Waals surface area contributed by atoms with Crippen molar-refractivity contribution in [2.75, 3.05) is 18.1 Å². The van der Waals surface area contributed by atoms with Crippen molar-refractivity contribution in [2.24, 2.45) is 5.73 Å². The van der Waals surface area contributed by atoms with Gasteiger partial charge in [0.2, 0.25) is 11.8 Å². The van der Waals surface area contributed by atoms with Gasteiger partial charge in [0.1, 0.15) is 0 Å². The molecule has 1 fully saturated rings. The summed E-state index contributed by atoms with van der Waals surface area (Å²) >= 11 is 2.00. The summed E-state index contributed by atoms with van der Waals surface area (Å²) in [6.07, 6.45) is 2.93. The van der Waals surface area contributed by atoms with Gasteiger partial charge < -0.3 is 10.2 Å². The Balaban J connectivity index is 2.12. The van der Waals surface area contributed by atoms with Crippen LogP contribution in [0.1, 0.15) is 31.5 Å². The summed E-state index contributed by atoms with van der Waals surface area (Å²) in [5, 5.41) is 8.17. The van der Waals surface area contributed by atoms with Crippen LogP contribution in [0.2, 0.25) is 0 Å². The number of rotatable bonds is 3. The molecule has 1 aromatic heterocycles. The quantitative estimate of drug-likeness (QED) is 0.844. The highest BCUT2D eigenvalue weighted by Crippen LogP contribution is 2.36. The Morgan fingerprint density at radius 2 is 2.13 bits per heavy atom. The Hall–Kier alpha value is -0.550. The Labute approximate surface area is 94.0 Å². The van der Waals surface area contributed by atoms with E-state index < -0.39 is 0 Å². The largest absolute Gasteiger partial charge is 0.425 e. The second-order valence-corrected chi connectivity index (χ2v) is 5.44. The number of aromatic nitrogens is 2. The van der Waals surface area contributed by atoms with E-state index in [0.717, 1.165) is 18.7 Å². The molecule has 2 N–H and O–H groups in total. The summed E-state index contributed by atoms with van der Waals surface area (Å²) in [5.41, 5.74) is 5.54. The average molecular weight is 227 g/mol. The van der Waals surface area contributed by atoms with E-state index in [0.29, 0.717) is 18.9 Å². The molecule has 0 aromatic carbocycles. The number of nitrogens with zero attached hydrogens (tertiary/aromatic N) is 2. The Bertz CT molecular complexity index is 320. The minimum absolute atomic E-state index is 0.0884. The van der Waals surface area contributed by atoms with Crippen molar-refractivity contribution in [1.82, 2.24) is 10.2 Å². The fourth-order valence-corrected chi connectivity index (χ4v) is 3.15. The van der Waals surface area contributed by atoms with Crippen LogP contribution in [0, 0.1) is 0 Å². The summed E-state index contributed by atoms with van der Waals surface area (Å²) in [7, 11) is 0. The first-order chi connectivity index (χ1) is 7.24. The first kappa shape index (κ1) is 11.0. The van der Waals surface area contributed by atoms with E-state index >= 15 is 0 Å². The first-order valence-electron chi connectivity index (χ1n) is 5.35. The maximum Gasteiger partial charge on any atom is 0.222 e. The van der Waals surface area contributed by atoms with Gasteiger partial charge in [-0.3, -0.25) is 0 Å². The molecule has 5 heteroatoms.